The highest BCUT2D eigenvalue weighted by Gasteiger charge is 1.96. The fourth-order valence-corrected chi connectivity index (χ4v) is 0.272. The second-order valence-electron chi connectivity index (χ2n) is 0.997. The Labute approximate surface area is 35.8 Å². The van der Waals surface area contributed by atoms with E-state index in [0.29, 0.717) is 12.6 Å². The average molecular weight is 85.1 g/mol. The lowest BCUT2D eigenvalue weighted by atomic mass is 10.8. The molecule has 0 aromatic carbocycles. The minimum absolute atomic E-state index is 0.395. The van der Waals surface area contributed by atoms with Crippen LogP contribution in [-0.4, -0.2) is 6.73 Å². The lowest BCUT2D eigenvalue weighted by molar-refractivity contribution is 0.264. The number of nitrogens with two attached hydrogens (primary N) is 1. The van der Waals surface area contributed by atoms with Crippen LogP contribution in [0.2, 0.25) is 0 Å². The van der Waals surface area contributed by atoms with Gasteiger partial charge in [-0.25, -0.2) is 5.32 Å². The number of hydrogen-bond donors (Lipinski definition) is 1. The van der Waals surface area contributed by atoms with Crippen molar-refractivity contribution >= 4 is 0 Å². The topological polar surface area (TPSA) is 49.4 Å². The number of ether oxygens (including phenoxy) is 1. The zero-order chi connectivity index (χ0) is 4.41. The van der Waals surface area contributed by atoms with E-state index in [4.69, 9.17) is 5.73 Å². The summed E-state index contributed by atoms with van der Waals surface area (Å²) < 4.78 is 4.60. The van der Waals surface area contributed by atoms with Crippen LogP contribution in [-0.2, 0) is 4.74 Å². The predicted molar refractivity (Wildman–Crippen MR) is 20.4 cm³/mol. The van der Waals surface area contributed by atoms with Crippen LogP contribution in [0, 0.1) is 0 Å². The molecule has 0 aromatic heterocycles. The summed E-state index contributed by atoms with van der Waals surface area (Å²) in [5.41, 5.74) is 5.10. The van der Waals surface area contributed by atoms with Gasteiger partial charge in [-0.2, -0.15) is 0 Å². The van der Waals surface area contributed by atoms with Gasteiger partial charge in [-0.15, -0.1) is 0 Å². The van der Waals surface area contributed by atoms with E-state index in [0.717, 1.165) is 0 Å². The molecule has 0 bridgehead atoms. The summed E-state index contributed by atoms with van der Waals surface area (Å²) in [7, 11) is 0. The molecule has 3 heteroatoms. The van der Waals surface area contributed by atoms with E-state index in [1.807, 2.05) is 0 Å². The Bertz CT molecular complexity index is 78.9. The molecule has 0 saturated carbocycles. The third-order valence-corrected chi connectivity index (χ3v) is 0.526. The van der Waals surface area contributed by atoms with E-state index in [1.165, 1.54) is 6.26 Å². The van der Waals surface area contributed by atoms with Crippen LogP contribution in [0.5, 0.6) is 0 Å². The normalized spacial score (nSPS) is 18.3. The van der Waals surface area contributed by atoms with Gasteiger partial charge in [0.15, 0.2) is 12.6 Å². The fraction of sp³-hybridized carbons (Fsp3) is 0.333. The zero-order valence-electron chi connectivity index (χ0n) is 3.22. The Balaban J connectivity index is 2.45. The Morgan fingerprint density at radius 3 is 3.00 bits per heavy atom. The molecular weight excluding hydrogens is 80.0 g/mol. The van der Waals surface area contributed by atoms with Crippen LogP contribution in [0.3, 0.4) is 0 Å². The highest BCUT2D eigenvalue weighted by molar-refractivity contribution is 4.90. The average Bonchev–Trinajstić information content (AvgIpc) is 1.86. The van der Waals surface area contributed by atoms with Crippen LogP contribution in [0.4, 0.5) is 0 Å². The zero-order valence-corrected chi connectivity index (χ0v) is 3.22. The minimum atomic E-state index is 0.395. The SMILES string of the molecule is NC1=COC[N]1. The monoisotopic (exact) mass is 85.0 g/mol. The number of hydrogen-bond acceptors (Lipinski definition) is 2. The predicted octanol–water partition coefficient (Wildman–Crippen LogP) is -0.664. The van der Waals surface area contributed by atoms with Crippen molar-refractivity contribution in [3.63, 3.8) is 0 Å². The van der Waals surface area contributed by atoms with Gasteiger partial charge in [0.05, 0.1) is 0 Å². The molecule has 0 spiro atoms. The van der Waals surface area contributed by atoms with Crippen LogP contribution in [0.25, 0.3) is 0 Å². The maximum absolute atomic E-state index is 5.10. The summed E-state index contributed by atoms with van der Waals surface area (Å²) in [6.45, 7) is 0.395. The summed E-state index contributed by atoms with van der Waals surface area (Å²) in [5, 5.41) is 3.65. The number of nitrogens with zero attached hydrogens (tertiary/aromatic N) is 1. The van der Waals surface area contributed by atoms with Gasteiger partial charge in [-0.05, 0) is 0 Å². The molecule has 2 N–H and O–H groups in total. The fourth-order valence-electron chi connectivity index (χ4n) is 0.272. The summed E-state index contributed by atoms with van der Waals surface area (Å²) in [4.78, 5) is 0. The first-order valence-corrected chi connectivity index (χ1v) is 1.64. The lowest BCUT2D eigenvalue weighted by Crippen LogP contribution is -2.06. The van der Waals surface area contributed by atoms with Crippen molar-refractivity contribution in [1.82, 2.24) is 5.32 Å². The summed E-state index contributed by atoms with van der Waals surface area (Å²) in [6.07, 6.45) is 1.43. The third-order valence-electron chi connectivity index (χ3n) is 0.526. The van der Waals surface area contributed by atoms with Crippen LogP contribution in [0.15, 0.2) is 12.1 Å². The maximum Gasteiger partial charge on any atom is 0.180 e. The van der Waals surface area contributed by atoms with E-state index in [2.05, 4.69) is 10.1 Å². The molecule has 0 amide bonds. The highest BCUT2D eigenvalue weighted by atomic mass is 16.5. The molecule has 6 heavy (non-hydrogen) atoms. The molecule has 1 rings (SSSR count). The van der Waals surface area contributed by atoms with Gasteiger partial charge in [-0.1, -0.05) is 0 Å². The Morgan fingerprint density at radius 2 is 2.83 bits per heavy atom. The van der Waals surface area contributed by atoms with Gasteiger partial charge in [0.2, 0.25) is 0 Å². The smallest absolute Gasteiger partial charge is 0.180 e. The van der Waals surface area contributed by atoms with Gasteiger partial charge in [0, 0.05) is 0 Å². The van der Waals surface area contributed by atoms with E-state index in [-0.39, 0.29) is 0 Å². The molecule has 0 aliphatic carbocycles. The van der Waals surface area contributed by atoms with E-state index in [1.54, 1.807) is 0 Å². The number of rotatable bonds is 0. The second kappa shape index (κ2) is 1.08. The molecule has 1 radical (unpaired) electrons. The minimum Gasteiger partial charge on any atom is -0.475 e. The molecule has 33 valence electrons. The Morgan fingerprint density at radius 1 is 2.00 bits per heavy atom. The molecule has 0 unspecified atom stereocenters. The van der Waals surface area contributed by atoms with E-state index >= 15 is 0 Å². The van der Waals surface area contributed by atoms with Crippen molar-refractivity contribution in [3.05, 3.63) is 12.1 Å². The molecule has 0 aromatic rings. The van der Waals surface area contributed by atoms with E-state index in [9.17, 15) is 0 Å². The van der Waals surface area contributed by atoms with Gasteiger partial charge in [-0.3, -0.25) is 0 Å². The molecular formula is C3H5N2O. The standard InChI is InChI=1S/C3H5N2O/c4-3-1-6-2-5-3/h1H,2,4H2. The van der Waals surface area contributed by atoms with Crippen molar-refractivity contribution in [1.29, 1.82) is 0 Å². The summed E-state index contributed by atoms with van der Waals surface area (Å²) >= 11 is 0. The van der Waals surface area contributed by atoms with E-state index < -0.39 is 0 Å². The van der Waals surface area contributed by atoms with Crippen LogP contribution >= 0.6 is 0 Å². The first-order chi connectivity index (χ1) is 2.89. The van der Waals surface area contributed by atoms with Crippen molar-refractivity contribution in [3.8, 4) is 0 Å². The van der Waals surface area contributed by atoms with Crippen molar-refractivity contribution in [2.75, 3.05) is 6.73 Å². The summed E-state index contributed by atoms with van der Waals surface area (Å²) in [5.74, 6) is 0.481. The van der Waals surface area contributed by atoms with Gasteiger partial charge >= 0.3 is 0 Å². The molecule has 0 saturated heterocycles. The van der Waals surface area contributed by atoms with Crippen LogP contribution in [0.1, 0.15) is 0 Å². The van der Waals surface area contributed by atoms with Gasteiger partial charge in [0.1, 0.15) is 6.26 Å². The first-order valence-electron chi connectivity index (χ1n) is 1.64. The largest absolute Gasteiger partial charge is 0.475 e. The third kappa shape index (κ3) is 0.381. The van der Waals surface area contributed by atoms with Crippen molar-refractivity contribution in [2.24, 2.45) is 5.73 Å². The van der Waals surface area contributed by atoms with Crippen molar-refractivity contribution in [2.45, 2.75) is 0 Å². The quantitative estimate of drug-likeness (QED) is 0.424. The highest BCUT2D eigenvalue weighted by Crippen LogP contribution is 1.89. The summed E-state index contributed by atoms with van der Waals surface area (Å²) in [6, 6.07) is 0. The van der Waals surface area contributed by atoms with Crippen LogP contribution < -0.4 is 11.1 Å². The van der Waals surface area contributed by atoms with Crippen molar-refractivity contribution < 1.29 is 4.74 Å². The maximum atomic E-state index is 5.10. The molecule has 0 atom stereocenters. The Hall–Kier alpha value is -0.860. The molecule has 0 fully saturated rings. The second-order valence-corrected chi connectivity index (χ2v) is 0.997. The molecule has 1 heterocycles. The van der Waals surface area contributed by atoms with Gasteiger partial charge in [0.25, 0.3) is 0 Å². The lowest BCUT2D eigenvalue weighted by Gasteiger charge is -1.81. The molecule has 3 nitrogen and oxygen atoms in total. The Kier molecular flexibility index (Phi) is 0.602. The first kappa shape index (κ1) is 3.33. The van der Waals surface area contributed by atoms with Gasteiger partial charge < -0.3 is 10.5 Å². The molecule has 1 aliphatic heterocycles. The molecule has 1 aliphatic rings.